The van der Waals surface area contributed by atoms with Crippen LogP contribution in [0.1, 0.15) is 45.7 Å². The summed E-state index contributed by atoms with van der Waals surface area (Å²) in [6.07, 6.45) is 0. The zero-order valence-corrected chi connectivity index (χ0v) is 13.1. The number of aryl methyl sites for hydroxylation is 1. The summed E-state index contributed by atoms with van der Waals surface area (Å²) in [4.78, 5) is 0. The Labute approximate surface area is 121 Å². The molecule has 1 fully saturated rings. The SMILES string of the molecule is CC(=C(F)B1OC(C)(C)C(C)(C)O1)c1ccc(C)cc1. The first-order chi connectivity index (χ1) is 9.14. The molecular weight excluding hydrogens is 254 g/mol. The highest BCUT2D eigenvalue weighted by atomic mass is 19.1. The minimum atomic E-state index is -0.929. The molecule has 0 atom stereocenters. The molecule has 2 nitrogen and oxygen atoms in total. The Kier molecular flexibility index (Phi) is 3.82. The Morgan fingerprint density at radius 3 is 1.90 bits per heavy atom. The molecule has 0 spiro atoms. The Morgan fingerprint density at radius 2 is 1.45 bits per heavy atom. The van der Waals surface area contributed by atoms with Crippen molar-refractivity contribution >= 4 is 12.7 Å². The molecule has 1 saturated heterocycles. The molecule has 4 heteroatoms. The van der Waals surface area contributed by atoms with E-state index < -0.39 is 18.3 Å². The van der Waals surface area contributed by atoms with E-state index in [4.69, 9.17) is 9.31 Å². The molecule has 108 valence electrons. The minimum Gasteiger partial charge on any atom is -0.398 e. The Balaban J connectivity index is 2.29. The molecule has 0 N–H and O–H groups in total. The second-order valence-corrected chi connectivity index (χ2v) is 6.43. The van der Waals surface area contributed by atoms with Gasteiger partial charge in [-0.25, -0.2) is 4.39 Å². The minimum absolute atomic E-state index is 0.354. The summed E-state index contributed by atoms with van der Waals surface area (Å²) in [5, 5.41) is 0. The molecule has 0 radical (unpaired) electrons. The van der Waals surface area contributed by atoms with Crippen molar-refractivity contribution in [1.29, 1.82) is 0 Å². The highest BCUT2D eigenvalue weighted by Crippen LogP contribution is 2.40. The van der Waals surface area contributed by atoms with Gasteiger partial charge in [0, 0.05) is 0 Å². The van der Waals surface area contributed by atoms with Gasteiger partial charge < -0.3 is 9.31 Å². The van der Waals surface area contributed by atoms with Crippen molar-refractivity contribution in [1.82, 2.24) is 0 Å². The van der Waals surface area contributed by atoms with E-state index in [0.717, 1.165) is 11.1 Å². The predicted molar refractivity (Wildman–Crippen MR) is 81.0 cm³/mol. The molecule has 1 aliphatic rings. The first kappa shape index (κ1) is 15.3. The first-order valence-electron chi connectivity index (χ1n) is 6.93. The van der Waals surface area contributed by atoms with E-state index in [2.05, 4.69) is 0 Å². The van der Waals surface area contributed by atoms with Gasteiger partial charge in [-0.3, -0.25) is 0 Å². The third-order valence-corrected chi connectivity index (χ3v) is 4.30. The fraction of sp³-hybridized carbons (Fsp3) is 0.500. The largest absolute Gasteiger partial charge is 0.525 e. The van der Waals surface area contributed by atoms with Crippen LogP contribution in [0.3, 0.4) is 0 Å². The predicted octanol–water partition coefficient (Wildman–Crippen LogP) is 4.33. The molecule has 20 heavy (non-hydrogen) atoms. The van der Waals surface area contributed by atoms with Crippen molar-refractivity contribution in [2.45, 2.75) is 52.7 Å². The van der Waals surface area contributed by atoms with Crippen LogP contribution in [0.4, 0.5) is 4.39 Å². The number of halogens is 1. The maximum Gasteiger partial charge on any atom is 0.525 e. The molecular formula is C16H22BFO2. The third kappa shape index (κ3) is 2.67. The van der Waals surface area contributed by atoms with Crippen molar-refractivity contribution < 1.29 is 13.7 Å². The van der Waals surface area contributed by atoms with E-state index in [1.807, 2.05) is 58.9 Å². The summed E-state index contributed by atoms with van der Waals surface area (Å²) in [6.45, 7) is 11.4. The maximum atomic E-state index is 14.6. The molecule has 0 saturated carbocycles. The average Bonchev–Trinajstić information content (AvgIpc) is 2.57. The van der Waals surface area contributed by atoms with Gasteiger partial charge in [-0.1, -0.05) is 29.8 Å². The maximum absolute atomic E-state index is 14.6. The number of allylic oxidation sites excluding steroid dienone is 1. The zero-order valence-electron chi connectivity index (χ0n) is 13.1. The molecule has 0 amide bonds. The summed E-state index contributed by atoms with van der Waals surface area (Å²) >= 11 is 0. The van der Waals surface area contributed by atoms with Crippen molar-refractivity contribution in [3.05, 3.63) is 41.1 Å². The smallest absolute Gasteiger partial charge is 0.398 e. The lowest BCUT2D eigenvalue weighted by atomic mass is 9.83. The van der Waals surface area contributed by atoms with E-state index in [0.29, 0.717) is 5.57 Å². The van der Waals surface area contributed by atoms with Crippen molar-refractivity contribution in [3.8, 4) is 0 Å². The van der Waals surface area contributed by atoms with Crippen molar-refractivity contribution in [2.75, 3.05) is 0 Å². The summed E-state index contributed by atoms with van der Waals surface area (Å²) in [6, 6.07) is 7.76. The van der Waals surface area contributed by atoms with Crippen LogP contribution in [0.2, 0.25) is 0 Å². The van der Waals surface area contributed by atoms with E-state index in [1.54, 1.807) is 6.92 Å². The van der Waals surface area contributed by atoms with E-state index in [-0.39, 0.29) is 5.73 Å². The van der Waals surface area contributed by atoms with Crippen LogP contribution in [0.5, 0.6) is 0 Å². The number of hydrogen-bond donors (Lipinski definition) is 0. The highest BCUT2D eigenvalue weighted by Gasteiger charge is 2.53. The third-order valence-electron chi connectivity index (χ3n) is 4.30. The molecule has 1 aliphatic heterocycles. The lowest BCUT2D eigenvalue weighted by molar-refractivity contribution is 0.00578. The molecule has 0 unspecified atom stereocenters. The van der Waals surface area contributed by atoms with E-state index in [1.165, 1.54) is 0 Å². The van der Waals surface area contributed by atoms with Gasteiger partial charge in [-0.15, -0.1) is 0 Å². The first-order valence-corrected chi connectivity index (χ1v) is 6.93. The van der Waals surface area contributed by atoms with Gasteiger partial charge in [0.05, 0.1) is 11.2 Å². The Hall–Kier alpha value is -1.13. The van der Waals surface area contributed by atoms with Gasteiger partial charge in [-0.05, 0) is 52.7 Å². The van der Waals surface area contributed by atoms with Gasteiger partial charge in [-0.2, -0.15) is 0 Å². The molecule has 2 rings (SSSR count). The second-order valence-electron chi connectivity index (χ2n) is 6.43. The van der Waals surface area contributed by atoms with Gasteiger partial charge in [0.2, 0.25) is 0 Å². The molecule has 1 aromatic carbocycles. The van der Waals surface area contributed by atoms with Gasteiger partial charge >= 0.3 is 7.12 Å². The quantitative estimate of drug-likeness (QED) is 0.748. The topological polar surface area (TPSA) is 18.5 Å². The van der Waals surface area contributed by atoms with E-state index >= 15 is 0 Å². The summed E-state index contributed by atoms with van der Waals surface area (Å²) in [5.41, 5.74) is 1.15. The Morgan fingerprint density at radius 1 is 1.00 bits per heavy atom. The van der Waals surface area contributed by atoms with Crippen LogP contribution >= 0.6 is 0 Å². The molecule has 0 aliphatic carbocycles. The van der Waals surface area contributed by atoms with Crippen LogP contribution in [-0.2, 0) is 9.31 Å². The van der Waals surface area contributed by atoms with Crippen LogP contribution in [0, 0.1) is 6.92 Å². The molecule has 0 bridgehead atoms. The normalized spacial score (nSPS) is 21.9. The van der Waals surface area contributed by atoms with Crippen LogP contribution in [-0.4, -0.2) is 18.3 Å². The van der Waals surface area contributed by atoms with E-state index in [9.17, 15) is 4.39 Å². The molecule has 1 aromatic rings. The summed E-state index contributed by atoms with van der Waals surface area (Å²) < 4.78 is 26.1. The average molecular weight is 276 g/mol. The summed E-state index contributed by atoms with van der Waals surface area (Å²) in [5.74, 6) is 0. The van der Waals surface area contributed by atoms with Gasteiger partial charge in [0.15, 0.2) is 0 Å². The van der Waals surface area contributed by atoms with Crippen LogP contribution in [0.25, 0.3) is 5.57 Å². The standard InChI is InChI=1S/C16H22BFO2/c1-11-7-9-13(10-8-11)12(2)14(18)17-19-15(3,4)16(5,6)20-17/h7-10H,1-6H3. The highest BCUT2D eigenvalue weighted by molar-refractivity contribution is 6.55. The number of hydrogen-bond acceptors (Lipinski definition) is 2. The van der Waals surface area contributed by atoms with Crippen molar-refractivity contribution in [3.63, 3.8) is 0 Å². The number of rotatable bonds is 2. The molecule has 0 aromatic heterocycles. The van der Waals surface area contributed by atoms with Crippen LogP contribution < -0.4 is 0 Å². The monoisotopic (exact) mass is 276 g/mol. The zero-order chi connectivity index (χ0) is 15.1. The van der Waals surface area contributed by atoms with Crippen LogP contribution in [0.15, 0.2) is 30.0 Å². The number of benzene rings is 1. The fourth-order valence-corrected chi connectivity index (χ4v) is 2.06. The van der Waals surface area contributed by atoms with Crippen molar-refractivity contribution in [2.24, 2.45) is 0 Å². The lowest BCUT2D eigenvalue weighted by Crippen LogP contribution is -2.41. The van der Waals surface area contributed by atoms with Gasteiger partial charge in [0.1, 0.15) is 5.73 Å². The lowest BCUT2D eigenvalue weighted by Gasteiger charge is -2.32. The molecule has 1 heterocycles. The second kappa shape index (κ2) is 5.01. The Bertz CT molecular complexity index is 516. The van der Waals surface area contributed by atoms with Gasteiger partial charge in [0.25, 0.3) is 0 Å². The fourth-order valence-electron chi connectivity index (χ4n) is 2.06. The summed E-state index contributed by atoms with van der Waals surface area (Å²) in [7, 11) is -0.929.